The van der Waals surface area contributed by atoms with Crippen LogP contribution in [-0.4, -0.2) is 42.2 Å². The van der Waals surface area contributed by atoms with Gasteiger partial charge in [-0.15, -0.1) is 0 Å². The second kappa shape index (κ2) is 7.65. The smallest absolute Gasteiger partial charge is 0.246 e. The van der Waals surface area contributed by atoms with Crippen LogP contribution in [0.2, 0.25) is 5.02 Å². The van der Waals surface area contributed by atoms with E-state index in [1.165, 1.54) is 0 Å². The molecule has 1 saturated heterocycles. The highest BCUT2D eigenvalue weighted by molar-refractivity contribution is 6.30. The Morgan fingerprint density at radius 1 is 1.45 bits per heavy atom. The molecular weight excluding hydrogens is 302 g/mol. The van der Waals surface area contributed by atoms with E-state index in [9.17, 15) is 9.90 Å². The number of carbonyl (C=O) groups is 1. The zero-order valence-electron chi connectivity index (χ0n) is 13.0. The molecule has 2 rings (SSSR count). The molecule has 1 aliphatic heterocycles. The molecule has 0 aromatic heterocycles. The van der Waals surface area contributed by atoms with Crippen LogP contribution in [-0.2, 0) is 4.79 Å². The van der Waals surface area contributed by atoms with E-state index in [0.717, 1.165) is 18.4 Å². The lowest BCUT2D eigenvalue weighted by Crippen LogP contribution is -2.39. The van der Waals surface area contributed by atoms with E-state index >= 15 is 0 Å². The van der Waals surface area contributed by atoms with Gasteiger partial charge < -0.3 is 14.7 Å². The van der Waals surface area contributed by atoms with Gasteiger partial charge in [0.05, 0.1) is 13.2 Å². The summed E-state index contributed by atoms with van der Waals surface area (Å²) in [5.41, 5.74) is 0.780. The number of carbonyl (C=O) groups excluding carboxylic acids is 1. The minimum atomic E-state index is -0.302. The number of ether oxygens (including phenoxy) is 1. The Morgan fingerprint density at radius 2 is 2.14 bits per heavy atom. The highest BCUT2D eigenvalue weighted by Crippen LogP contribution is 2.24. The Balaban J connectivity index is 1.99. The monoisotopic (exact) mass is 323 g/mol. The highest BCUT2D eigenvalue weighted by atomic mass is 35.5. The third-order valence-electron chi connectivity index (χ3n) is 4.13. The van der Waals surface area contributed by atoms with Gasteiger partial charge in [-0.2, -0.15) is 0 Å². The van der Waals surface area contributed by atoms with E-state index < -0.39 is 0 Å². The van der Waals surface area contributed by atoms with E-state index in [4.69, 9.17) is 16.3 Å². The highest BCUT2D eigenvalue weighted by Gasteiger charge is 2.24. The van der Waals surface area contributed by atoms with Crippen molar-refractivity contribution in [3.05, 3.63) is 34.9 Å². The van der Waals surface area contributed by atoms with Crippen LogP contribution in [0.15, 0.2) is 24.3 Å². The van der Waals surface area contributed by atoms with Gasteiger partial charge in [0, 0.05) is 29.8 Å². The number of nitrogens with zero attached hydrogens (tertiary/aromatic N) is 1. The lowest BCUT2D eigenvalue weighted by molar-refractivity contribution is -0.127. The van der Waals surface area contributed by atoms with Crippen molar-refractivity contribution >= 4 is 23.6 Å². The molecule has 1 N–H and O–H groups in total. The van der Waals surface area contributed by atoms with Crippen molar-refractivity contribution in [3.8, 4) is 5.75 Å². The number of hydrogen-bond acceptors (Lipinski definition) is 3. The summed E-state index contributed by atoms with van der Waals surface area (Å²) in [5, 5.41) is 10.2. The van der Waals surface area contributed by atoms with E-state index in [1.807, 2.05) is 11.8 Å². The van der Waals surface area contributed by atoms with Crippen LogP contribution >= 0.6 is 11.6 Å². The first-order chi connectivity index (χ1) is 10.5. The summed E-state index contributed by atoms with van der Waals surface area (Å²) in [6, 6.07) is 5.30. The van der Waals surface area contributed by atoms with Crippen molar-refractivity contribution in [2.75, 3.05) is 20.2 Å². The lowest BCUT2D eigenvalue weighted by Gasteiger charge is -2.32. The molecule has 1 aromatic carbocycles. The van der Waals surface area contributed by atoms with Gasteiger partial charge in [-0.3, -0.25) is 4.79 Å². The number of hydrogen-bond donors (Lipinski definition) is 1. The van der Waals surface area contributed by atoms with Crippen LogP contribution in [0, 0.1) is 5.92 Å². The molecule has 1 amide bonds. The number of piperidine rings is 1. The Labute approximate surface area is 136 Å². The number of halogens is 1. The van der Waals surface area contributed by atoms with Crippen molar-refractivity contribution in [2.45, 2.75) is 25.9 Å². The summed E-state index contributed by atoms with van der Waals surface area (Å²) in [6.45, 7) is 3.18. The predicted molar refractivity (Wildman–Crippen MR) is 88.0 cm³/mol. The largest absolute Gasteiger partial charge is 0.496 e. The summed E-state index contributed by atoms with van der Waals surface area (Å²) in [4.78, 5) is 14.0. The third kappa shape index (κ3) is 4.24. The van der Waals surface area contributed by atoms with E-state index in [1.54, 1.807) is 37.5 Å². The maximum absolute atomic E-state index is 12.2. The molecule has 0 bridgehead atoms. The fourth-order valence-corrected chi connectivity index (χ4v) is 2.88. The summed E-state index contributed by atoms with van der Waals surface area (Å²) < 4.78 is 5.26. The number of aliphatic hydroxyl groups is 1. The quantitative estimate of drug-likeness (QED) is 0.867. The molecule has 0 saturated carbocycles. The first kappa shape index (κ1) is 16.8. The van der Waals surface area contributed by atoms with Gasteiger partial charge in [-0.05, 0) is 50.0 Å². The number of likely N-dealkylation sites (tertiary alicyclic amines) is 1. The normalized spacial score (nSPS) is 17.7. The molecule has 0 aliphatic carbocycles. The average molecular weight is 324 g/mol. The van der Waals surface area contributed by atoms with Crippen LogP contribution in [0.1, 0.15) is 25.3 Å². The SMILES string of the molecule is COc1ccc(Cl)cc1C=CC(=O)N1CCC(C(C)O)CC1. The van der Waals surface area contributed by atoms with Crippen LogP contribution in [0.25, 0.3) is 6.08 Å². The molecule has 4 nitrogen and oxygen atoms in total. The van der Waals surface area contributed by atoms with Gasteiger partial charge in [0.2, 0.25) is 5.91 Å². The molecular formula is C17H22ClNO3. The molecule has 5 heteroatoms. The summed E-state index contributed by atoms with van der Waals surface area (Å²) in [6.07, 6.45) is 4.67. The van der Waals surface area contributed by atoms with Gasteiger partial charge in [0.1, 0.15) is 5.75 Å². The first-order valence-electron chi connectivity index (χ1n) is 7.50. The Morgan fingerprint density at radius 3 is 2.73 bits per heavy atom. The second-order valence-corrected chi connectivity index (χ2v) is 6.06. The lowest BCUT2D eigenvalue weighted by atomic mass is 9.92. The molecule has 1 atom stereocenters. The number of benzene rings is 1. The zero-order chi connectivity index (χ0) is 16.1. The molecule has 0 spiro atoms. The summed E-state index contributed by atoms with van der Waals surface area (Å²) >= 11 is 5.97. The molecule has 1 heterocycles. The maximum Gasteiger partial charge on any atom is 0.246 e. The van der Waals surface area contributed by atoms with Gasteiger partial charge in [-0.1, -0.05) is 11.6 Å². The Hall–Kier alpha value is -1.52. The van der Waals surface area contributed by atoms with Crippen molar-refractivity contribution in [3.63, 3.8) is 0 Å². The molecule has 1 aromatic rings. The zero-order valence-corrected chi connectivity index (χ0v) is 13.7. The number of amides is 1. The minimum absolute atomic E-state index is 0.0222. The van der Waals surface area contributed by atoms with Crippen molar-refractivity contribution in [1.82, 2.24) is 4.90 Å². The van der Waals surface area contributed by atoms with E-state index in [2.05, 4.69) is 0 Å². The van der Waals surface area contributed by atoms with Gasteiger partial charge in [0.25, 0.3) is 0 Å². The van der Waals surface area contributed by atoms with Crippen molar-refractivity contribution < 1.29 is 14.6 Å². The molecule has 0 radical (unpaired) electrons. The summed E-state index contributed by atoms with van der Waals surface area (Å²) in [7, 11) is 1.59. The van der Waals surface area contributed by atoms with E-state index in [0.29, 0.717) is 29.8 Å². The van der Waals surface area contributed by atoms with Crippen molar-refractivity contribution in [1.29, 1.82) is 0 Å². The molecule has 22 heavy (non-hydrogen) atoms. The van der Waals surface area contributed by atoms with Crippen LogP contribution in [0.5, 0.6) is 5.75 Å². The van der Waals surface area contributed by atoms with Gasteiger partial charge in [0.15, 0.2) is 0 Å². The van der Waals surface area contributed by atoms with Crippen LogP contribution in [0.4, 0.5) is 0 Å². The predicted octanol–water partition coefficient (Wildman–Crippen LogP) is 2.98. The number of methoxy groups -OCH3 is 1. The van der Waals surface area contributed by atoms with Crippen LogP contribution < -0.4 is 4.74 Å². The van der Waals surface area contributed by atoms with Gasteiger partial charge in [-0.25, -0.2) is 0 Å². The fraction of sp³-hybridized carbons (Fsp3) is 0.471. The molecule has 1 unspecified atom stereocenters. The number of rotatable bonds is 4. The average Bonchev–Trinajstić information content (AvgIpc) is 2.52. The third-order valence-corrected chi connectivity index (χ3v) is 4.37. The molecule has 120 valence electrons. The maximum atomic E-state index is 12.2. The first-order valence-corrected chi connectivity index (χ1v) is 7.87. The minimum Gasteiger partial charge on any atom is -0.496 e. The fourth-order valence-electron chi connectivity index (χ4n) is 2.70. The van der Waals surface area contributed by atoms with Crippen molar-refractivity contribution in [2.24, 2.45) is 5.92 Å². The number of aliphatic hydroxyl groups excluding tert-OH is 1. The topological polar surface area (TPSA) is 49.8 Å². The second-order valence-electron chi connectivity index (χ2n) is 5.62. The Kier molecular flexibility index (Phi) is 5.86. The van der Waals surface area contributed by atoms with Crippen LogP contribution in [0.3, 0.4) is 0 Å². The Bertz CT molecular complexity index is 549. The molecule has 1 aliphatic rings. The molecule has 1 fully saturated rings. The van der Waals surface area contributed by atoms with E-state index in [-0.39, 0.29) is 12.0 Å². The summed E-state index contributed by atoms with van der Waals surface area (Å²) in [5.74, 6) is 0.952. The van der Waals surface area contributed by atoms with Gasteiger partial charge >= 0.3 is 0 Å². The standard InChI is InChI=1S/C17H22ClNO3/c1-12(20)13-7-9-19(10-8-13)17(21)6-3-14-11-15(18)4-5-16(14)22-2/h3-6,11-13,20H,7-10H2,1-2H3.